The number of cyclic esters (lactones) is 1. The molecule has 0 spiro atoms. The number of nitrogens with zero attached hydrogens (tertiary/aromatic N) is 3. The van der Waals surface area contributed by atoms with Gasteiger partial charge in [-0.1, -0.05) is 0 Å². The van der Waals surface area contributed by atoms with E-state index in [1.165, 1.54) is 0 Å². The van der Waals surface area contributed by atoms with E-state index < -0.39 is 18.0 Å². The molecule has 1 saturated heterocycles. The zero-order valence-corrected chi connectivity index (χ0v) is 5.97. The molecule has 0 saturated carbocycles. The van der Waals surface area contributed by atoms with Crippen molar-refractivity contribution in [2.45, 2.75) is 12.5 Å². The second kappa shape index (κ2) is 3.70. The van der Waals surface area contributed by atoms with Crippen molar-refractivity contribution in [2.24, 2.45) is 5.11 Å². The van der Waals surface area contributed by atoms with Crippen molar-refractivity contribution < 1.29 is 19.1 Å². The molecule has 64 valence electrons. The van der Waals surface area contributed by atoms with Crippen LogP contribution in [0.2, 0.25) is 0 Å². The van der Waals surface area contributed by atoms with Crippen LogP contribution in [0.4, 0.5) is 0 Å². The van der Waals surface area contributed by atoms with Gasteiger partial charge >= 0.3 is 5.97 Å². The van der Waals surface area contributed by atoms with E-state index in [0.717, 1.165) is 0 Å². The lowest BCUT2D eigenvalue weighted by molar-refractivity contribution is -0.140. The largest absolute Gasteiger partial charge is 0.437 e. The van der Waals surface area contributed by atoms with Crippen molar-refractivity contribution in [1.82, 2.24) is 0 Å². The molecule has 0 radical (unpaired) electrons. The summed E-state index contributed by atoms with van der Waals surface area (Å²) in [5.41, 5.74) is 7.86. The van der Waals surface area contributed by atoms with E-state index in [1.54, 1.807) is 0 Å². The fraction of sp³-hybridized carbons (Fsp3) is 0.600. The standard InChI is InChI=1S/C5H5N3O4/c6-8-7-4(9)1-3-5(10)12-2-11-3/h3H,1-2H2/t3-/m1/s1. The molecule has 0 aromatic heterocycles. The van der Waals surface area contributed by atoms with E-state index in [4.69, 9.17) is 10.3 Å². The quantitative estimate of drug-likeness (QED) is 0.254. The maximum atomic E-state index is 10.7. The topological polar surface area (TPSA) is 101 Å². The molecule has 0 unspecified atom stereocenters. The Bertz CT molecular complexity index is 257. The van der Waals surface area contributed by atoms with Gasteiger partial charge in [-0.15, -0.1) is 0 Å². The molecular formula is C5H5N3O4. The van der Waals surface area contributed by atoms with E-state index >= 15 is 0 Å². The molecule has 0 aliphatic carbocycles. The second-order valence-electron chi connectivity index (χ2n) is 2.02. The highest BCUT2D eigenvalue weighted by Crippen LogP contribution is 2.09. The maximum absolute atomic E-state index is 10.7. The third-order valence-electron chi connectivity index (χ3n) is 1.25. The van der Waals surface area contributed by atoms with Crippen LogP contribution in [0.25, 0.3) is 10.4 Å². The molecule has 0 aromatic rings. The van der Waals surface area contributed by atoms with Gasteiger partial charge in [-0.05, 0) is 10.6 Å². The molecule has 1 aliphatic heterocycles. The first-order chi connectivity index (χ1) is 5.74. The third kappa shape index (κ3) is 1.94. The summed E-state index contributed by atoms with van der Waals surface area (Å²) in [6.45, 7) is -0.146. The molecule has 7 heteroatoms. The summed E-state index contributed by atoms with van der Waals surface area (Å²) in [7, 11) is 0. The van der Waals surface area contributed by atoms with Gasteiger partial charge in [-0.2, -0.15) is 0 Å². The van der Waals surface area contributed by atoms with Crippen LogP contribution in [0.15, 0.2) is 5.11 Å². The van der Waals surface area contributed by atoms with Gasteiger partial charge in [0, 0.05) is 4.91 Å². The maximum Gasteiger partial charge on any atom is 0.337 e. The Morgan fingerprint density at radius 3 is 3.08 bits per heavy atom. The Hall–Kier alpha value is -1.59. The van der Waals surface area contributed by atoms with Crippen molar-refractivity contribution in [3.63, 3.8) is 0 Å². The summed E-state index contributed by atoms with van der Waals surface area (Å²) in [6, 6.07) is 0. The van der Waals surface area contributed by atoms with Gasteiger partial charge in [-0.25, -0.2) is 4.79 Å². The fourth-order valence-electron chi connectivity index (χ4n) is 0.727. The van der Waals surface area contributed by atoms with Crippen LogP contribution in [-0.4, -0.2) is 24.8 Å². The highest BCUT2D eigenvalue weighted by Gasteiger charge is 2.29. The van der Waals surface area contributed by atoms with E-state index in [-0.39, 0.29) is 13.2 Å². The lowest BCUT2D eigenvalue weighted by atomic mass is 10.2. The molecule has 1 atom stereocenters. The normalized spacial score (nSPS) is 21.3. The van der Waals surface area contributed by atoms with Crippen LogP contribution >= 0.6 is 0 Å². The zero-order valence-electron chi connectivity index (χ0n) is 5.97. The van der Waals surface area contributed by atoms with Gasteiger partial charge in [0.1, 0.15) is 0 Å². The average molecular weight is 171 g/mol. The number of azide groups is 1. The van der Waals surface area contributed by atoms with Gasteiger partial charge in [0.15, 0.2) is 12.9 Å². The number of carbonyl (C=O) groups excluding carboxylic acids is 2. The Kier molecular flexibility index (Phi) is 2.62. The lowest BCUT2D eigenvalue weighted by Crippen LogP contribution is -2.19. The van der Waals surface area contributed by atoms with E-state index in [1.807, 2.05) is 0 Å². The molecule has 7 nitrogen and oxygen atoms in total. The van der Waals surface area contributed by atoms with Crippen LogP contribution in [0.1, 0.15) is 6.42 Å². The first-order valence-corrected chi connectivity index (χ1v) is 3.10. The summed E-state index contributed by atoms with van der Waals surface area (Å²) in [6.07, 6.45) is -1.17. The number of hydrogen-bond donors (Lipinski definition) is 0. The van der Waals surface area contributed by atoms with Crippen LogP contribution in [0, 0.1) is 0 Å². The molecule has 12 heavy (non-hydrogen) atoms. The van der Waals surface area contributed by atoms with Gasteiger partial charge < -0.3 is 9.47 Å². The predicted molar refractivity (Wildman–Crippen MR) is 34.6 cm³/mol. The highest BCUT2D eigenvalue weighted by atomic mass is 16.7. The molecule has 1 fully saturated rings. The van der Waals surface area contributed by atoms with Crippen molar-refractivity contribution >= 4 is 11.9 Å². The second-order valence-corrected chi connectivity index (χ2v) is 2.02. The number of rotatable bonds is 2. The average Bonchev–Trinajstić information content (AvgIpc) is 2.37. The SMILES string of the molecule is [N-]=[N+]=NC(=O)C[C@H]1OCOC1=O. The monoisotopic (exact) mass is 171 g/mol. The van der Waals surface area contributed by atoms with Crippen molar-refractivity contribution in [2.75, 3.05) is 6.79 Å². The molecule has 1 heterocycles. The van der Waals surface area contributed by atoms with Crippen LogP contribution in [0.5, 0.6) is 0 Å². The molecule has 0 aromatic carbocycles. The Morgan fingerprint density at radius 2 is 2.58 bits per heavy atom. The summed E-state index contributed by atoms with van der Waals surface area (Å²) >= 11 is 0. The van der Waals surface area contributed by atoms with E-state index in [2.05, 4.69) is 14.8 Å². The van der Waals surface area contributed by atoms with Crippen molar-refractivity contribution in [3.8, 4) is 0 Å². The molecule has 0 N–H and O–H groups in total. The summed E-state index contributed by atoms with van der Waals surface area (Å²) < 4.78 is 9.10. The minimum absolute atomic E-state index is 0.146. The number of amides is 1. The highest BCUT2D eigenvalue weighted by molar-refractivity contribution is 5.85. The van der Waals surface area contributed by atoms with Gasteiger partial charge in [0.05, 0.1) is 6.42 Å². The first-order valence-electron chi connectivity index (χ1n) is 3.10. The summed E-state index contributed by atoms with van der Waals surface area (Å²) in [5, 5.41) is 2.78. The van der Waals surface area contributed by atoms with E-state index in [9.17, 15) is 9.59 Å². The molecule has 1 amide bonds. The van der Waals surface area contributed by atoms with Crippen LogP contribution in [-0.2, 0) is 19.1 Å². The minimum Gasteiger partial charge on any atom is -0.437 e. The smallest absolute Gasteiger partial charge is 0.337 e. The molecule has 1 aliphatic rings. The lowest BCUT2D eigenvalue weighted by Gasteiger charge is -1.98. The van der Waals surface area contributed by atoms with Gasteiger partial charge in [-0.3, -0.25) is 4.79 Å². The fourth-order valence-corrected chi connectivity index (χ4v) is 0.727. The molecular weight excluding hydrogens is 166 g/mol. The molecule has 1 rings (SSSR count). The summed E-state index contributed by atoms with van der Waals surface area (Å²) in [4.78, 5) is 23.6. The van der Waals surface area contributed by atoms with E-state index in [0.29, 0.717) is 0 Å². The van der Waals surface area contributed by atoms with Gasteiger partial charge in [0.25, 0.3) is 0 Å². The van der Waals surface area contributed by atoms with Crippen molar-refractivity contribution in [3.05, 3.63) is 10.4 Å². The Balaban J connectivity index is 2.45. The number of esters is 1. The predicted octanol–water partition coefficient (Wildman–Crippen LogP) is 0.113. The number of ether oxygens (including phenoxy) is 2. The summed E-state index contributed by atoms with van der Waals surface area (Å²) in [5.74, 6) is -1.34. The molecule has 0 bridgehead atoms. The van der Waals surface area contributed by atoms with Gasteiger partial charge in [0.2, 0.25) is 5.91 Å². The first kappa shape index (κ1) is 8.51. The Labute approximate surface area is 66.9 Å². The van der Waals surface area contributed by atoms with Crippen molar-refractivity contribution in [1.29, 1.82) is 0 Å². The minimum atomic E-state index is -0.914. The number of hydrogen-bond acceptors (Lipinski definition) is 4. The van der Waals surface area contributed by atoms with Crippen LogP contribution < -0.4 is 0 Å². The third-order valence-corrected chi connectivity index (χ3v) is 1.25. The number of carbonyl (C=O) groups is 2. The van der Waals surface area contributed by atoms with Crippen LogP contribution in [0.3, 0.4) is 0 Å². The zero-order chi connectivity index (χ0) is 8.97. The Morgan fingerprint density at radius 1 is 1.83 bits per heavy atom.